The third kappa shape index (κ3) is 6.98. The molecular formula is C40H31ClN4O2S. The van der Waals surface area contributed by atoms with E-state index in [2.05, 4.69) is 31.2 Å². The third-order valence-electron chi connectivity index (χ3n) is 7.87. The van der Waals surface area contributed by atoms with Crippen LogP contribution in [0.15, 0.2) is 155 Å². The number of hydrazone groups is 1. The molecule has 0 N–H and O–H groups in total. The fourth-order valence-electron chi connectivity index (χ4n) is 5.34. The minimum absolute atomic E-state index is 0.184. The van der Waals surface area contributed by atoms with Crippen LogP contribution in [0, 0.1) is 6.92 Å². The maximum atomic E-state index is 14.1. The van der Waals surface area contributed by atoms with Crippen LogP contribution in [0.3, 0.4) is 0 Å². The summed E-state index contributed by atoms with van der Waals surface area (Å²) in [5.74, 6) is 1.03. The highest BCUT2D eigenvalue weighted by atomic mass is 35.5. The molecule has 0 atom stereocenters. The monoisotopic (exact) mass is 666 g/mol. The van der Waals surface area contributed by atoms with Crippen molar-refractivity contribution in [3.63, 3.8) is 0 Å². The summed E-state index contributed by atoms with van der Waals surface area (Å²) in [7, 11) is 0. The van der Waals surface area contributed by atoms with Gasteiger partial charge in [0.15, 0.2) is 0 Å². The molecule has 8 heteroatoms. The molecule has 0 aliphatic carbocycles. The first-order valence-corrected chi connectivity index (χ1v) is 16.9. The van der Waals surface area contributed by atoms with Crippen molar-refractivity contribution in [1.82, 2.24) is 9.78 Å². The molecule has 1 aliphatic heterocycles. The van der Waals surface area contributed by atoms with Crippen LogP contribution in [0.2, 0.25) is 5.02 Å². The van der Waals surface area contributed by atoms with E-state index in [9.17, 15) is 4.79 Å². The standard InChI is InChI=1S/C40H31ClN4O2S/c1-28-19-21-35(22-20-28)48-27-38-36(40(46)45(42-38)33-15-6-3-7-16-33)24-31-25-44(32-13-4-2-5-14-32)43-39(31)29-12-10-17-34(23-29)47-26-30-11-8-9-18-37(30)41/h2-25H,26-27H2,1H3. The van der Waals surface area contributed by atoms with Gasteiger partial charge in [0.05, 0.1) is 22.7 Å². The van der Waals surface area contributed by atoms with Crippen LogP contribution in [-0.4, -0.2) is 27.2 Å². The zero-order valence-corrected chi connectivity index (χ0v) is 27.7. The van der Waals surface area contributed by atoms with Crippen LogP contribution in [0.4, 0.5) is 5.69 Å². The van der Waals surface area contributed by atoms with Crippen molar-refractivity contribution in [3.8, 4) is 22.7 Å². The van der Waals surface area contributed by atoms with Crippen molar-refractivity contribution >= 4 is 46.7 Å². The molecular weight excluding hydrogens is 636 g/mol. The molecule has 1 amide bonds. The lowest BCUT2D eigenvalue weighted by Gasteiger charge is -2.11. The lowest BCUT2D eigenvalue weighted by molar-refractivity contribution is -0.114. The molecule has 6 nitrogen and oxygen atoms in total. The van der Waals surface area contributed by atoms with Crippen LogP contribution >= 0.6 is 23.4 Å². The quantitative estimate of drug-likeness (QED) is 0.108. The maximum absolute atomic E-state index is 14.1. The van der Waals surface area contributed by atoms with Crippen molar-refractivity contribution in [1.29, 1.82) is 0 Å². The number of carbonyl (C=O) groups excluding carboxylic acids is 1. The van der Waals surface area contributed by atoms with Gasteiger partial charge in [0, 0.05) is 38.6 Å². The average molecular weight is 667 g/mol. The number of anilines is 1. The van der Waals surface area contributed by atoms with Gasteiger partial charge in [-0.2, -0.15) is 15.2 Å². The highest BCUT2D eigenvalue weighted by molar-refractivity contribution is 8.00. The topological polar surface area (TPSA) is 59.7 Å². The van der Waals surface area contributed by atoms with E-state index in [0.717, 1.165) is 27.3 Å². The van der Waals surface area contributed by atoms with Crippen LogP contribution in [0.25, 0.3) is 23.0 Å². The minimum atomic E-state index is -0.184. The Morgan fingerprint density at radius 3 is 2.27 bits per heavy atom. The van der Waals surface area contributed by atoms with Crippen LogP contribution in [0.1, 0.15) is 16.7 Å². The molecule has 0 unspecified atom stereocenters. The minimum Gasteiger partial charge on any atom is -0.489 e. The Kier molecular flexibility index (Phi) is 9.23. The summed E-state index contributed by atoms with van der Waals surface area (Å²) in [6, 6.07) is 43.3. The van der Waals surface area contributed by atoms with Gasteiger partial charge in [0.2, 0.25) is 0 Å². The van der Waals surface area contributed by atoms with Gasteiger partial charge < -0.3 is 4.74 Å². The third-order valence-corrected chi connectivity index (χ3v) is 9.27. The normalized spacial score (nSPS) is 13.6. The summed E-state index contributed by atoms with van der Waals surface area (Å²) in [6.45, 7) is 2.40. The summed E-state index contributed by atoms with van der Waals surface area (Å²) < 4.78 is 8.00. The molecule has 5 aromatic carbocycles. The number of para-hydroxylation sites is 2. The number of nitrogens with zero attached hydrogens (tertiary/aromatic N) is 4. The fourth-order valence-corrected chi connectivity index (χ4v) is 6.37. The Bertz CT molecular complexity index is 2130. The second-order valence-electron chi connectivity index (χ2n) is 11.3. The van der Waals surface area contributed by atoms with Crippen molar-refractivity contribution in [2.75, 3.05) is 10.8 Å². The number of ether oxygens (including phenoxy) is 1. The highest BCUT2D eigenvalue weighted by Gasteiger charge is 2.31. The van der Waals surface area contributed by atoms with Gasteiger partial charge in [-0.05, 0) is 67.6 Å². The SMILES string of the molecule is Cc1ccc(SCC2=NN(c3ccccc3)C(=O)C2=Cc2cn(-c3ccccc3)nc2-c2cccc(OCc3ccccc3Cl)c2)cc1. The maximum Gasteiger partial charge on any atom is 0.280 e. The first-order chi connectivity index (χ1) is 23.5. The van der Waals surface area contributed by atoms with Crippen LogP contribution < -0.4 is 9.75 Å². The molecule has 0 radical (unpaired) electrons. The molecule has 48 heavy (non-hydrogen) atoms. The Labute approximate surface area is 289 Å². The summed E-state index contributed by atoms with van der Waals surface area (Å²) >= 11 is 8.03. The second-order valence-corrected chi connectivity index (χ2v) is 12.7. The van der Waals surface area contributed by atoms with Crippen LogP contribution in [0.5, 0.6) is 5.75 Å². The molecule has 0 fully saturated rings. The summed E-state index contributed by atoms with van der Waals surface area (Å²) in [5, 5.41) is 12.0. The molecule has 0 saturated carbocycles. The van der Waals surface area contributed by atoms with Gasteiger partial charge in [-0.1, -0.05) is 96.0 Å². The van der Waals surface area contributed by atoms with Gasteiger partial charge in [0.25, 0.3) is 5.91 Å². The number of aromatic nitrogens is 2. The van der Waals surface area contributed by atoms with E-state index in [1.54, 1.807) is 11.8 Å². The predicted octanol–water partition coefficient (Wildman–Crippen LogP) is 9.66. The largest absolute Gasteiger partial charge is 0.489 e. The Morgan fingerprint density at radius 2 is 1.52 bits per heavy atom. The van der Waals surface area contributed by atoms with Crippen molar-refractivity contribution in [3.05, 3.63) is 167 Å². The summed E-state index contributed by atoms with van der Waals surface area (Å²) in [5.41, 5.74) is 7.30. The number of rotatable bonds is 10. The number of aryl methyl sites for hydroxylation is 1. The number of halogens is 1. The predicted molar refractivity (Wildman–Crippen MR) is 196 cm³/mol. The number of carbonyl (C=O) groups is 1. The zero-order chi connectivity index (χ0) is 32.9. The molecule has 0 saturated heterocycles. The van der Waals surface area contributed by atoms with Gasteiger partial charge in [-0.3, -0.25) is 4.79 Å². The van der Waals surface area contributed by atoms with Gasteiger partial charge in [-0.25, -0.2) is 4.68 Å². The van der Waals surface area contributed by atoms with Crippen LogP contribution in [-0.2, 0) is 11.4 Å². The number of hydrogen-bond donors (Lipinski definition) is 0. The molecule has 6 aromatic rings. The first-order valence-electron chi connectivity index (χ1n) is 15.5. The number of thioether (sulfide) groups is 1. The van der Waals surface area contributed by atoms with Gasteiger partial charge in [-0.15, -0.1) is 11.8 Å². The van der Waals surface area contributed by atoms with Crippen molar-refractivity contribution < 1.29 is 9.53 Å². The second kappa shape index (κ2) is 14.2. The molecule has 1 aliphatic rings. The Hall–Kier alpha value is -5.37. The molecule has 0 bridgehead atoms. The van der Waals surface area contributed by atoms with E-state index in [1.807, 2.05) is 126 Å². The van der Waals surface area contributed by atoms with Crippen molar-refractivity contribution in [2.24, 2.45) is 5.10 Å². The first kappa shape index (κ1) is 31.2. The molecule has 7 rings (SSSR count). The average Bonchev–Trinajstić information content (AvgIpc) is 3.69. The fraction of sp³-hybridized carbons (Fsp3) is 0.0750. The van der Waals surface area contributed by atoms with E-state index in [0.29, 0.717) is 45.8 Å². The Morgan fingerprint density at radius 1 is 0.812 bits per heavy atom. The van der Waals surface area contributed by atoms with Gasteiger partial charge >= 0.3 is 0 Å². The number of amides is 1. The lowest BCUT2D eigenvalue weighted by atomic mass is 10.0. The smallest absolute Gasteiger partial charge is 0.280 e. The zero-order valence-electron chi connectivity index (χ0n) is 26.2. The number of hydrogen-bond acceptors (Lipinski definition) is 5. The highest BCUT2D eigenvalue weighted by Crippen LogP contribution is 2.33. The van der Waals surface area contributed by atoms with E-state index in [-0.39, 0.29) is 5.91 Å². The molecule has 0 spiro atoms. The van der Waals surface area contributed by atoms with E-state index >= 15 is 0 Å². The molecule has 236 valence electrons. The van der Waals surface area contributed by atoms with Crippen molar-refractivity contribution in [2.45, 2.75) is 18.4 Å². The summed E-state index contributed by atoms with van der Waals surface area (Å²) in [4.78, 5) is 15.2. The summed E-state index contributed by atoms with van der Waals surface area (Å²) in [6.07, 6.45) is 3.87. The molecule has 2 heterocycles. The van der Waals surface area contributed by atoms with E-state index in [1.165, 1.54) is 10.6 Å². The molecule has 1 aromatic heterocycles. The van der Waals surface area contributed by atoms with Gasteiger partial charge in [0.1, 0.15) is 18.1 Å². The van der Waals surface area contributed by atoms with E-state index < -0.39 is 0 Å². The lowest BCUT2D eigenvalue weighted by Crippen LogP contribution is -2.21. The number of benzene rings is 5. The Balaban J connectivity index is 1.27. The van der Waals surface area contributed by atoms with E-state index in [4.69, 9.17) is 26.5 Å².